The summed E-state index contributed by atoms with van der Waals surface area (Å²) in [6.07, 6.45) is 3.90. The summed E-state index contributed by atoms with van der Waals surface area (Å²) in [6, 6.07) is 8.91. The van der Waals surface area contributed by atoms with E-state index in [9.17, 15) is 0 Å². The Labute approximate surface area is 99.3 Å². The number of hydrogen-bond donors (Lipinski definition) is 1. The smallest absolute Gasteiger partial charge is 0.00258 e. The zero-order valence-corrected chi connectivity index (χ0v) is 10.5. The van der Waals surface area contributed by atoms with Crippen LogP contribution in [0, 0.1) is 11.8 Å². The Hall–Kier alpha value is -0.820. The van der Waals surface area contributed by atoms with Crippen LogP contribution in [-0.4, -0.2) is 13.1 Å². The van der Waals surface area contributed by atoms with Crippen LogP contribution in [0.15, 0.2) is 24.3 Å². The third-order valence-electron chi connectivity index (χ3n) is 3.42. The summed E-state index contributed by atoms with van der Waals surface area (Å²) < 4.78 is 0. The maximum absolute atomic E-state index is 3.54. The number of hydrogen-bond acceptors (Lipinski definition) is 1. The van der Waals surface area contributed by atoms with Crippen molar-refractivity contribution in [2.75, 3.05) is 13.1 Å². The second-order valence-electron chi connectivity index (χ2n) is 5.43. The van der Waals surface area contributed by atoms with Gasteiger partial charge in [0.1, 0.15) is 0 Å². The quantitative estimate of drug-likeness (QED) is 0.748. The average molecular weight is 217 g/mol. The highest BCUT2D eigenvalue weighted by molar-refractivity contribution is 5.31. The predicted octanol–water partition coefficient (Wildman–Crippen LogP) is 3.04. The molecule has 0 unspecified atom stereocenters. The molecule has 0 atom stereocenters. The Kier molecular flexibility index (Phi) is 4.00. The molecule has 1 aliphatic carbocycles. The number of fused-ring (bicyclic) bond motifs is 1. The summed E-state index contributed by atoms with van der Waals surface area (Å²) in [5, 5.41) is 3.54. The highest BCUT2D eigenvalue weighted by atomic mass is 14.8. The van der Waals surface area contributed by atoms with Crippen molar-refractivity contribution in [3.63, 3.8) is 0 Å². The number of benzene rings is 1. The Morgan fingerprint density at radius 3 is 2.38 bits per heavy atom. The highest BCUT2D eigenvalue weighted by Crippen LogP contribution is 2.28. The lowest BCUT2D eigenvalue weighted by molar-refractivity contribution is 0.465. The second kappa shape index (κ2) is 5.49. The van der Waals surface area contributed by atoms with E-state index in [0.29, 0.717) is 0 Å². The minimum atomic E-state index is 0.765. The topological polar surface area (TPSA) is 12.0 Å². The van der Waals surface area contributed by atoms with E-state index in [-0.39, 0.29) is 0 Å². The van der Waals surface area contributed by atoms with Crippen molar-refractivity contribution in [1.82, 2.24) is 5.32 Å². The van der Waals surface area contributed by atoms with Crippen LogP contribution < -0.4 is 5.32 Å². The molecule has 0 fully saturated rings. The van der Waals surface area contributed by atoms with Crippen LogP contribution in [0.2, 0.25) is 0 Å². The third kappa shape index (κ3) is 3.08. The maximum atomic E-state index is 3.54. The Morgan fingerprint density at radius 2 is 1.81 bits per heavy atom. The molecule has 1 aromatic carbocycles. The lowest BCUT2D eigenvalue weighted by Gasteiger charge is -2.11. The molecule has 0 spiro atoms. The molecule has 0 saturated heterocycles. The van der Waals surface area contributed by atoms with Crippen molar-refractivity contribution in [2.24, 2.45) is 11.8 Å². The van der Waals surface area contributed by atoms with Crippen LogP contribution >= 0.6 is 0 Å². The second-order valence-corrected chi connectivity index (χ2v) is 5.43. The molecule has 1 nitrogen and oxygen atoms in total. The fraction of sp³-hybridized carbons (Fsp3) is 0.600. The van der Waals surface area contributed by atoms with E-state index in [4.69, 9.17) is 0 Å². The lowest BCUT2D eigenvalue weighted by atomic mass is 10.0. The van der Waals surface area contributed by atoms with Crippen molar-refractivity contribution in [3.05, 3.63) is 35.4 Å². The first kappa shape index (κ1) is 11.7. The SMILES string of the molecule is CC(C)CNCCC1Cc2ccccc2C1. The molecule has 1 aromatic rings. The van der Waals surface area contributed by atoms with Gasteiger partial charge in [0, 0.05) is 0 Å². The van der Waals surface area contributed by atoms with Crippen molar-refractivity contribution in [3.8, 4) is 0 Å². The summed E-state index contributed by atoms with van der Waals surface area (Å²) in [5.74, 6) is 1.64. The van der Waals surface area contributed by atoms with Gasteiger partial charge in [0.05, 0.1) is 0 Å². The van der Waals surface area contributed by atoms with E-state index in [1.807, 2.05) is 0 Å². The molecule has 0 aliphatic heterocycles. The summed E-state index contributed by atoms with van der Waals surface area (Å²) in [7, 11) is 0. The molecule has 0 aromatic heterocycles. The zero-order chi connectivity index (χ0) is 11.4. The van der Waals surface area contributed by atoms with Gasteiger partial charge in [-0.25, -0.2) is 0 Å². The minimum absolute atomic E-state index is 0.765. The molecular formula is C15H23N. The van der Waals surface area contributed by atoms with Crippen molar-refractivity contribution >= 4 is 0 Å². The molecule has 88 valence electrons. The van der Waals surface area contributed by atoms with Gasteiger partial charge in [0.15, 0.2) is 0 Å². The Bertz CT molecular complexity index is 305. The highest BCUT2D eigenvalue weighted by Gasteiger charge is 2.19. The zero-order valence-electron chi connectivity index (χ0n) is 10.5. The number of rotatable bonds is 5. The Balaban J connectivity index is 1.71. The van der Waals surface area contributed by atoms with Crippen molar-refractivity contribution in [2.45, 2.75) is 33.1 Å². The van der Waals surface area contributed by atoms with Gasteiger partial charge >= 0.3 is 0 Å². The molecule has 1 heteroatoms. The minimum Gasteiger partial charge on any atom is -0.316 e. The average Bonchev–Trinajstić information content (AvgIpc) is 2.66. The first-order valence-corrected chi connectivity index (χ1v) is 6.53. The van der Waals surface area contributed by atoms with Crippen molar-refractivity contribution in [1.29, 1.82) is 0 Å². The predicted molar refractivity (Wildman–Crippen MR) is 69.7 cm³/mol. The standard InChI is InChI=1S/C15H23N/c1-12(2)11-16-8-7-13-9-14-5-3-4-6-15(14)10-13/h3-6,12-13,16H,7-11H2,1-2H3. The first-order chi connectivity index (χ1) is 7.75. The fourth-order valence-corrected chi connectivity index (χ4v) is 2.55. The Morgan fingerprint density at radius 1 is 1.19 bits per heavy atom. The van der Waals surface area contributed by atoms with Gasteiger partial charge in [-0.05, 0) is 55.3 Å². The van der Waals surface area contributed by atoms with Crippen LogP contribution in [0.5, 0.6) is 0 Å². The van der Waals surface area contributed by atoms with Crippen molar-refractivity contribution < 1.29 is 0 Å². The maximum Gasteiger partial charge on any atom is -0.00258 e. The summed E-state index contributed by atoms with van der Waals surface area (Å²) in [6.45, 7) is 6.85. The van der Waals surface area contributed by atoms with Gasteiger partial charge < -0.3 is 5.32 Å². The lowest BCUT2D eigenvalue weighted by Crippen LogP contribution is -2.22. The first-order valence-electron chi connectivity index (χ1n) is 6.53. The molecule has 1 N–H and O–H groups in total. The van der Waals surface area contributed by atoms with Gasteiger partial charge in [0.25, 0.3) is 0 Å². The molecule has 0 saturated carbocycles. The van der Waals surface area contributed by atoms with E-state index in [0.717, 1.165) is 18.4 Å². The number of nitrogens with one attached hydrogen (secondary N) is 1. The van der Waals surface area contributed by atoms with Gasteiger partial charge in [-0.2, -0.15) is 0 Å². The summed E-state index contributed by atoms with van der Waals surface area (Å²) >= 11 is 0. The molecule has 2 rings (SSSR count). The largest absolute Gasteiger partial charge is 0.316 e. The van der Waals surface area contributed by atoms with Gasteiger partial charge in [-0.1, -0.05) is 38.1 Å². The van der Waals surface area contributed by atoms with Crippen LogP contribution in [0.1, 0.15) is 31.4 Å². The van der Waals surface area contributed by atoms with E-state index in [1.54, 1.807) is 11.1 Å². The molecule has 0 amide bonds. The molecule has 0 heterocycles. The monoisotopic (exact) mass is 217 g/mol. The van der Waals surface area contributed by atoms with E-state index in [2.05, 4.69) is 43.4 Å². The molecule has 0 radical (unpaired) electrons. The summed E-state index contributed by atoms with van der Waals surface area (Å²) in [4.78, 5) is 0. The molecular weight excluding hydrogens is 194 g/mol. The van der Waals surface area contributed by atoms with E-state index in [1.165, 1.54) is 25.8 Å². The van der Waals surface area contributed by atoms with Crippen LogP contribution in [0.25, 0.3) is 0 Å². The van der Waals surface area contributed by atoms with Crippen LogP contribution in [-0.2, 0) is 12.8 Å². The molecule has 16 heavy (non-hydrogen) atoms. The molecule has 1 aliphatic rings. The normalized spacial score (nSPS) is 15.7. The van der Waals surface area contributed by atoms with Gasteiger partial charge in [-0.15, -0.1) is 0 Å². The van der Waals surface area contributed by atoms with E-state index >= 15 is 0 Å². The third-order valence-corrected chi connectivity index (χ3v) is 3.42. The van der Waals surface area contributed by atoms with Crippen LogP contribution in [0.3, 0.4) is 0 Å². The van der Waals surface area contributed by atoms with E-state index < -0.39 is 0 Å². The van der Waals surface area contributed by atoms with Gasteiger partial charge in [0.2, 0.25) is 0 Å². The van der Waals surface area contributed by atoms with Gasteiger partial charge in [-0.3, -0.25) is 0 Å². The van der Waals surface area contributed by atoms with Crippen LogP contribution in [0.4, 0.5) is 0 Å². The molecule has 0 bridgehead atoms. The summed E-state index contributed by atoms with van der Waals surface area (Å²) in [5.41, 5.74) is 3.16. The fourth-order valence-electron chi connectivity index (χ4n) is 2.55.